The Morgan fingerprint density at radius 1 is 0.242 bits per heavy atom. The lowest BCUT2D eigenvalue weighted by atomic mass is 9.88. The molecule has 0 amide bonds. The minimum atomic E-state index is 1.06. The largest absolute Gasteiger partial charge is 0.308 e. The first-order valence-corrected chi connectivity index (χ1v) is 21.3. The van der Waals surface area contributed by atoms with Crippen molar-refractivity contribution in [3.05, 3.63) is 255 Å². The molecule has 0 aliphatic carbocycles. The summed E-state index contributed by atoms with van der Waals surface area (Å²) < 4.78 is 2.43. The van der Waals surface area contributed by atoms with E-state index >= 15 is 0 Å². The third kappa shape index (κ3) is 6.56. The molecule has 0 atom stereocenters. The van der Waals surface area contributed by atoms with Crippen LogP contribution in [0.1, 0.15) is 0 Å². The normalized spacial score (nSPS) is 11.2. The summed E-state index contributed by atoms with van der Waals surface area (Å²) in [6.45, 7) is 0. The number of aromatic nitrogens is 1. The second kappa shape index (κ2) is 16.1. The van der Waals surface area contributed by atoms with Crippen LogP contribution in [0.3, 0.4) is 0 Å². The van der Waals surface area contributed by atoms with Gasteiger partial charge in [0.1, 0.15) is 0 Å². The average molecular weight is 791 g/mol. The van der Waals surface area contributed by atoms with E-state index in [4.69, 9.17) is 0 Å². The van der Waals surface area contributed by atoms with E-state index in [9.17, 15) is 0 Å². The molecule has 0 bridgehead atoms. The van der Waals surface area contributed by atoms with Gasteiger partial charge in [0.05, 0.1) is 28.1 Å². The Kier molecular flexibility index (Phi) is 9.57. The number of nitrogens with zero attached hydrogens (tertiary/aromatic N) is 2. The summed E-state index contributed by atoms with van der Waals surface area (Å²) in [6.07, 6.45) is 0. The molecule has 0 fully saturated rings. The lowest BCUT2D eigenvalue weighted by Gasteiger charge is -2.31. The Labute approximate surface area is 362 Å². The molecule has 0 aliphatic rings. The first-order valence-electron chi connectivity index (χ1n) is 21.3. The van der Waals surface area contributed by atoms with Crippen LogP contribution < -0.4 is 4.90 Å². The highest BCUT2D eigenvalue weighted by atomic mass is 15.2. The van der Waals surface area contributed by atoms with Gasteiger partial charge in [-0.05, 0) is 92.5 Å². The standard InChI is InChI=1S/C60H42N2/c1-3-21-43(22-4-1)47-25-7-8-26-48(47)45-39-41-46(42-40-45)61(59-37-19-20-38-60(59)62-57-35-17-14-32-54(57)55-33-15-18-36-58(55)62)56-34-16-13-31-53(56)52-30-12-11-29-51(52)50-28-10-9-27-49(50)44-23-5-2-6-24-44/h1-42H. The molecule has 0 saturated carbocycles. The minimum Gasteiger partial charge on any atom is -0.308 e. The molecular formula is C60H42N2. The summed E-state index contributed by atoms with van der Waals surface area (Å²) in [4.78, 5) is 2.46. The number of benzene rings is 10. The van der Waals surface area contributed by atoms with Crippen LogP contribution in [0.2, 0.25) is 0 Å². The molecule has 2 heteroatoms. The number of rotatable bonds is 9. The predicted octanol–water partition coefficient (Wildman–Crippen LogP) is 16.6. The molecule has 11 aromatic rings. The van der Waals surface area contributed by atoms with Gasteiger partial charge in [0.25, 0.3) is 0 Å². The summed E-state index contributed by atoms with van der Waals surface area (Å²) in [7, 11) is 0. The van der Waals surface area contributed by atoms with Gasteiger partial charge in [0.15, 0.2) is 0 Å². The number of hydrogen-bond acceptors (Lipinski definition) is 1. The van der Waals surface area contributed by atoms with Crippen LogP contribution in [0.15, 0.2) is 255 Å². The van der Waals surface area contributed by atoms with Gasteiger partial charge in [-0.25, -0.2) is 0 Å². The number of anilines is 3. The summed E-state index contributed by atoms with van der Waals surface area (Å²) in [5.74, 6) is 0. The zero-order valence-corrected chi connectivity index (χ0v) is 34.1. The molecule has 2 nitrogen and oxygen atoms in total. The Bertz CT molecular complexity index is 3290. The van der Waals surface area contributed by atoms with Crippen molar-refractivity contribution in [2.45, 2.75) is 0 Å². The molecule has 0 N–H and O–H groups in total. The van der Waals surface area contributed by atoms with Crippen molar-refractivity contribution < 1.29 is 0 Å². The molecule has 0 spiro atoms. The molecule has 11 rings (SSSR count). The van der Waals surface area contributed by atoms with Crippen LogP contribution in [0.5, 0.6) is 0 Å². The highest BCUT2D eigenvalue weighted by molar-refractivity contribution is 6.10. The fourth-order valence-corrected chi connectivity index (χ4v) is 9.26. The molecule has 1 aromatic heterocycles. The number of fused-ring (bicyclic) bond motifs is 3. The van der Waals surface area contributed by atoms with Gasteiger partial charge in [-0.3, -0.25) is 0 Å². The topological polar surface area (TPSA) is 8.17 Å². The van der Waals surface area contributed by atoms with E-state index in [-0.39, 0.29) is 0 Å². The maximum atomic E-state index is 2.46. The van der Waals surface area contributed by atoms with E-state index in [1.807, 2.05) is 0 Å². The quantitative estimate of drug-likeness (QED) is 0.141. The van der Waals surface area contributed by atoms with Crippen LogP contribution >= 0.6 is 0 Å². The maximum Gasteiger partial charge on any atom is 0.0702 e. The molecule has 10 aromatic carbocycles. The maximum absolute atomic E-state index is 2.46. The molecule has 0 radical (unpaired) electrons. The van der Waals surface area contributed by atoms with E-state index in [0.29, 0.717) is 0 Å². The van der Waals surface area contributed by atoms with Crippen LogP contribution in [-0.4, -0.2) is 4.57 Å². The van der Waals surface area contributed by atoms with Gasteiger partial charge in [-0.1, -0.05) is 212 Å². The molecule has 0 aliphatic heterocycles. The van der Waals surface area contributed by atoms with Crippen molar-refractivity contribution in [1.29, 1.82) is 0 Å². The van der Waals surface area contributed by atoms with Crippen molar-refractivity contribution in [2.24, 2.45) is 0 Å². The van der Waals surface area contributed by atoms with E-state index in [2.05, 4.69) is 264 Å². The van der Waals surface area contributed by atoms with Crippen LogP contribution in [-0.2, 0) is 0 Å². The van der Waals surface area contributed by atoms with Gasteiger partial charge in [0.2, 0.25) is 0 Å². The monoisotopic (exact) mass is 790 g/mol. The predicted molar refractivity (Wildman–Crippen MR) is 263 cm³/mol. The molecule has 1 heterocycles. The van der Waals surface area contributed by atoms with E-state index < -0.39 is 0 Å². The van der Waals surface area contributed by atoms with E-state index in [1.54, 1.807) is 0 Å². The van der Waals surface area contributed by atoms with Gasteiger partial charge in [-0.15, -0.1) is 0 Å². The smallest absolute Gasteiger partial charge is 0.0702 e. The van der Waals surface area contributed by atoms with Gasteiger partial charge in [-0.2, -0.15) is 0 Å². The third-order valence-corrected chi connectivity index (χ3v) is 12.1. The van der Waals surface area contributed by atoms with Crippen molar-refractivity contribution in [3.8, 4) is 61.3 Å². The zero-order chi connectivity index (χ0) is 41.2. The summed E-state index contributed by atoms with van der Waals surface area (Å²) in [5, 5.41) is 2.47. The molecule has 0 saturated heterocycles. The Balaban J connectivity index is 1.14. The van der Waals surface area contributed by atoms with E-state index in [0.717, 1.165) is 28.3 Å². The molecular weight excluding hydrogens is 749 g/mol. The highest BCUT2D eigenvalue weighted by Gasteiger charge is 2.24. The fraction of sp³-hybridized carbons (Fsp3) is 0. The van der Waals surface area contributed by atoms with Gasteiger partial charge < -0.3 is 9.47 Å². The van der Waals surface area contributed by atoms with Crippen molar-refractivity contribution >= 4 is 38.9 Å². The lowest BCUT2D eigenvalue weighted by molar-refractivity contribution is 1.15. The Morgan fingerprint density at radius 2 is 0.597 bits per heavy atom. The van der Waals surface area contributed by atoms with Crippen LogP contribution in [0, 0.1) is 0 Å². The zero-order valence-electron chi connectivity index (χ0n) is 34.1. The first-order chi connectivity index (χ1) is 30.8. The highest BCUT2D eigenvalue weighted by Crippen LogP contribution is 2.48. The van der Waals surface area contributed by atoms with Crippen LogP contribution in [0.25, 0.3) is 83.1 Å². The third-order valence-electron chi connectivity index (χ3n) is 12.1. The number of para-hydroxylation sites is 5. The van der Waals surface area contributed by atoms with Gasteiger partial charge >= 0.3 is 0 Å². The van der Waals surface area contributed by atoms with E-state index in [1.165, 1.54) is 71.9 Å². The van der Waals surface area contributed by atoms with Crippen molar-refractivity contribution in [3.63, 3.8) is 0 Å². The van der Waals surface area contributed by atoms with Gasteiger partial charge in [0, 0.05) is 22.0 Å². The molecule has 292 valence electrons. The SMILES string of the molecule is c1ccc(-c2ccccc2-c2ccc(N(c3ccccc3-c3ccccc3-c3ccccc3-c3ccccc3)c3ccccc3-n3c4ccccc4c4ccccc43)cc2)cc1. The first kappa shape index (κ1) is 36.8. The minimum absolute atomic E-state index is 1.06. The van der Waals surface area contributed by atoms with Crippen LogP contribution in [0.4, 0.5) is 17.1 Å². The second-order valence-electron chi connectivity index (χ2n) is 15.6. The second-order valence-corrected chi connectivity index (χ2v) is 15.6. The average Bonchev–Trinajstić information content (AvgIpc) is 3.69. The lowest BCUT2D eigenvalue weighted by Crippen LogP contribution is -2.14. The molecule has 62 heavy (non-hydrogen) atoms. The van der Waals surface area contributed by atoms with Crippen molar-refractivity contribution in [1.82, 2.24) is 4.57 Å². The number of hydrogen-bond donors (Lipinski definition) is 0. The fourth-order valence-electron chi connectivity index (χ4n) is 9.26. The molecule has 0 unspecified atom stereocenters. The summed E-state index contributed by atoms with van der Waals surface area (Å²) in [5.41, 5.74) is 18.5. The summed E-state index contributed by atoms with van der Waals surface area (Å²) in [6, 6.07) is 92.1. The summed E-state index contributed by atoms with van der Waals surface area (Å²) >= 11 is 0. The van der Waals surface area contributed by atoms with Crippen molar-refractivity contribution in [2.75, 3.05) is 4.90 Å². The Morgan fingerprint density at radius 3 is 1.15 bits per heavy atom. The Hall–Kier alpha value is -8.20.